The number of rotatable bonds is 5. The monoisotopic (exact) mass is 515 g/mol. The summed E-state index contributed by atoms with van der Waals surface area (Å²) in [5.74, 6) is 1.92. The number of hydrogen-bond acceptors (Lipinski definition) is 6. The van der Waals surface area contributed by atoms with Crippen molar-refractivity contribution in [1.29, 1.82) is 0 Å². The first-order valence-electron chi connectivity index (χ1n) is 9.26. The number of thiazole rings is 1. The van der Waals surface area contributed by atoms with E-state index in [4.69, 9.17) is 0 Å². The van der Waals surface area contributed by atoms with Crippen molar-refractivity contribution in [2.75, 3.05) is 52.2 Å². The van der Waals surface area contributed by atoms with Crippen LogP contribution in [-0.4, -0.2) is 73.0 Å². The van der Waals surface area contributed by atoms with E-state index in [-0.39, 0.29) is 24.0 Å². The van der Waals surface area contributed by atoms with Gasteiger partial charge in [-0.15, -0.1) is 35.3 Å². The summed E-state index contributed by atoms with van der Waals surface area (Å²) in [5.41, 5.74) is 2.28. The van der Waals surface area contributed by atoms with Crippen molar-refractivity contribution in [2.24, 2.45) is 4.99 Å². The lowest BCUT2D eigenvalue weighted by molar-refractivity contribution is 0.312. The fourth-order valence-corrected chi connectivity index (χ4v) is 3.75. The van der Waals surface area contributed by atoms with E-state index < -0.39 is 0 Å². The first-order chi connectivity index (χ1) is 13.0. The highest BCUT2D eigenvalue weighted by Gasteiger charge is 2.15. The number of nitrogens with zero attached hydrogens (tertiary/aromatic N) is 6. The molecule has 3 rings (SSSR count). The van der Waals surface area contributed by atoms with Gasteiger partial charge in [0.2, 0.25) is 0 Å². The molecular weight excluding hydrogens is 485 g/mol. The van der Waals surface area contributed by atoms with Gasteiger partial charge in [0.15, 0.2) is 5.96 Å². The molecule has 2 aromatic rings. The van der Waals surface area contributed by atoms with Crippen LogP contribution in [0.4, 0.5) is 5.82 Å². The Kier molecular flexibility index (Phi) is 8.90. The minimum Gasteiger partial charge on any atom is -0.354 e. The van der Waals surface area contributed by atoms with Gasteiger partial charge in [-0.05, 0) is 31.7 Å². The average Bonchev–Trinajstić information content (AvgIpc) is 3.08. The van der Waals surface area contributed by atoms with E-state index in [0.717, 1.165) is 61.7 Å². The fraction of sp³-hybridized carbons (Fsp3) is 0.526. The van der Waals surface area contributed by atoms with Crippen LogP contribution in [0.15, 0.2) is 28.7 Å². The van der Waals surface area contributed by atoms with Gasteiger partial charge in [-0.25, -0.2) is 9.97 Å². The van der Waals surface area contributed by atoms with Crippen molar-refractivity contribution in [3.63, 3.8) is 0 Å². The van der Waals surface area contributed by atoms with Crippen LogP contribution in [-0.2, 0) is 13.1 Å². The first kappa shape index (κ1) is 22.8. The lowest BCUT2D eigenvalue weighted by atomic mass is 10.2. The molecule has 1 saturated heterocycles. The Morgan fingerprint density at radius 2 is 2.07 bits per heavy atom. The number of aryl methyl sites for hydroxylation is 1. The molecule has 0 radical (unpaired) electrons. The van der Waals surface area contributed by atoms with E-state index in [1.807, 2.05) is 27.2 Å². The number of aliphatic imine (C=N–C) groups is 1. The lowest BCUT2D eigenvalue weighted by Crippen LogP contribution is -2.44. The molecule has 28 heavy (non-hydrogen) atoms. The van der Waals surface area contributed by atoms with Crippen molar-refractivity contribution < 1.29 is 0 Å². The molecule has 0 bridgehead atoms. The Balaban J connectivity index is 0.00000280. The molecule has 1 N–H and O–H groups in total. The van der Waals surface area contributed by atoms with Gasteiger partial charge in [-0.3, -0.25) is 4.99 Å². The topological polar surface area (TPSA) is 59.9 Å². The second kappa shape index (κ2) is 10.9. The van der Waals surface area contributed by atoms with Crippen LogP contribution in [0.3, 0.4) is 0 Å². The molecule has 0 amide bonds. The molecule has 3 heterocycles. The zero-order chi connectivity index (χ0) is 19.2. The highest BCUT2D eigenvalue weighted by molar-refractivity contribution is 14.0. The summed E-state index contributed by atoms with van der Waals surface area (Å²) >= 11 is 1.68. The Hall–Kier alpha value is -1.46. The number of aromatic nitrogens is 2. The summed E-state index contributed by atoms with van der Waals surface area (Å²) in [7, 11) is 6.01. The van der Waals surface area contributed by atoms with Gasteiger partial charge in [0, 0.05) is 58.4 Å². The van der Waals surface area contributed by atoms with E-state index in [1.54, 1.807) is 11.3 Å². The van der Waals surface area contributed by atoms with Crippen LogP contribution in [0, 0.1) is 6.92 Å². The summed E-state index contributed by atoms with van der Waals surface area (Å²) in [4.78, 5) is 20.3. The second-order valence-electron chi connectivity index (χ2n) is 6.93. The molecular formula is C19H30IN7S. The predicted molar refractivity (Wildman–Crippen MR) is 128 cm³/mol. The molecule has 1 aliphatic heterocycles. The Labute approximate surface area is 188 Å². The quantitative estimate of drug-likeness (QED) is 0.375. The molecule has 1 fully saturated rings. The predicted octanol–water partition coefficient (Wildman–Crippen LogP) is 2.42. The van der Waals surface area contributed by atoms with Crippen molar-refractivity contribution in [3.05, 3.63) is 40.0 Å². The van der Waals surface area contributed by atoms with Crippen molar-refractivity contribution in [2.45, 2.75) is 20.0 Å². The van der Waals surface area contributed by atoms with Crippen LogP contribution >= 0.6 is 35.3 Å². The van der Waals surface area contributed by atoms with Crippen LogP contribution in [0.25, 0.3) is 0 Å². The minimum atomic E-state index is 0. The molecule has 2 aromatic heterocycles. The van der Waals surface area contributed by atoms with E-state index in [0.29, 0.717) is 0 Å². The van der Waals surface area contributed by atoms with E-state index in [1.165, 1.54) is 5.56 Å². The number of piperazine rings is 1. The number of halogens is 1. The normalized spacial score (nSPS) is 15.3. The zero-order valence-corrected chi connectivity index (χ0v) is 20.2. The number of guanidine groups is 1. The van der Waals surface area contributed by atoms with Gasteiger partial charge < -0.3 is 20.0 Å². The summed E-state index contributed by atoms with van der Waals surface area (Å²) in [6, 6.07) is 4.24. The van der Waals surface area contributed by atoms with Gasteiger partial charge in [-0.2, -0.15) is 0 Å². The lowest BCUT2D eigenvalue weighted by Gasteiger charge is -2.33. The molecule has 7 nitrogen and oxygen atoms in total. The maximum absolute atomic E-state index is 4.56. The van der Waals surface area contributed by atoms with Crippen molar-refractivity contribution in [3.8, 4) is 0 Å². The molecule has 0 atom stereocenters. The maximum atomic E-state index is 4.56. The summed E-state index contributed by atoms with van der Waals surface area (Å²) in [6.45, 7) is 7.71. The third kappa shape index (κ3) is 6.28. The minimum absolute atomic E-state index is 0. The van der Waals surface area contributed by atoms with Crippen LogP contribution in [0.5, 0.6) is 0 Å². The molecule has 0 spiro atoms. The molecule has 9 heteroatoms. The second-order valence-corrected chi connectivity index (χ2v) is 7.99. The Bertz CT molecular complexity index is 771. The van der Waals surface area contributed by atoms with Gasteiger partial charge in [0.1, 0.15) is 5.82 Å². The molecule has 154 valence electrons. The number of likely N-dealkylation sites (N-methyl/N-ethyl adjacent to an activating group) is 1. The molecule has 0 saturated carbocycles. The summed E-state index contributed by atoms with van der Waals surface area (Å²) in [6.07, 6.45) is 1.90. The Morgan fingerprint density at radius 3 is 2.71 bits per heavy atom. The number of pyridine rings is 1. The van der Waals surface area contributed by atoms with Crippen molar-refractivity contribution >= 4 is 47.1 Å². The maximum Gasteiger partial charge on any atom is 0.194 e. The largest absolute Gasteiger partial charge is 0.354 e. The van der Waals surface area contributed by atoms with E-state index >= 15 is 0 Å². The van der Waals surface area contributed by atoms with Crippen LogP contribution < -0.4 is 10.2 Å². The molecule has 1 aliphatic rings. The first-order valence-corrected chi connectivity index (χ1v) is 10.1. The van der Waals surface area contributed by atoms with Crippen LogP contribution in [0.1, 0.15) is 16.3 Å². The van der Waals surface area contributed by atoms with E-state index in [9.17, 15) is 0 Å². The molecule has 0 unspecified atom stereocenters. The third-order valence-corrected chi connectivity index (χ3v) is 5.55. The van der Waals surface area contributed by atoms with Crippen LogP contribution in [0.2, 0.25) is 0 Å². The zero-order valence-electron chi connectivity index (χ0n) is 17.1. The molecule has 0 aromatic carbocycles. The van der Waals surface area contributed by atoms with Gasteiger partial charge in [0.05, 0.1) is 17.2 Å². The highest BCUT2D eigenvalue weighted by atomic mass is 127. The van der Waals surface area contributed by atoms with E-state index in [2.05, 4.69) is 59.5 Å². The smallest absolute Gasteiger partial charge is 0.194 e. The van der Waals surface area contributed by atoms with Gasteiger partial charge in [0.25, 0.3) is 0 Å². The number of nitrogens with one attached hydrogen (secondary N) is 1. The highest BCUT2D eigenvalue weighted by Crippen LogP contribution is 2.15. The fourth-order valence-electron chi connectivity index (χ4n) is 3.14. The SMILES string of the molecule is CN=C(NCc1ccnc(N2CCN(C)CC2)c1)N(C)Cc1csc(C)n1.I. The van der Waals surface area contributed by atoms with Gasteiger partial charge >= 0.3 is 0 Å². The number of anilines is 1. The van der Waals surface area contributed by atoms with Gasteiger partial charge in [-0.1, -0.05) is 0 Å². The summed E-state index contributed by atoms with van der Waals surface area (Å²) < 4.78 is 0. The Morgan fingerprint density at radius 1 is 1.32 bits per heavy atom. The standard InChI is InChI=1S/C19H29N7S.HI/c1-15-23-17(14-27-15)13-25(4)19(20-2)22-12-16-5-6-21-18(11-16)26-9-7-24(3)8-10-26;/h5-6,11,14H,7-10,12-13H2,1-4H3,(H,20,22);1H. The summed E-state index contributed by atoms with van der Waals surface area (Å²) in [5, 5.41) is 6.64. The van der Waals surface area contributed by atoms with Crippen molar-refractivity contribution in [1.82, 2.24) is 25.1 Å². The average molecular weight is 515 g/mol. The third-order valence-electron chi connectivity index (χ3n) is 4.73. The number of hydrogen-bond donors (Lipinski definition) is 1. The molecule has 0 aliphatic carbocycles.